The van der Waals surface area contributed by atoms with Crippen LogP contribution in [0.4, 0.5) is 4.79 Å². The van der Waals surface area contributed by atoms with Gasteiger partial charge in [-0.2, -0.15) is 0 Å². The smallest absolute Gasteiger partial charge is 0.410 e. The molecule has 0 aromatic heterocycles. The molecule has 2 unspecified atom stereocenters. The summed E-state index contributed by atoms with van der Waals surface area (Å²) >= 11 is 0. The van der Waals surface area contributed by atoms with Crippen molar-refractivity contribution in [2.75, 3.05) is 13.1 Å². The van der Waals surface area contributed by atoms with Crippen molar-refractivity contribution in [1.82, 2.24) is 4.90 Å². The van der Waals surface area contributed by atoms with Crippen LogP contribution in [0.1, 0.15) is 49.8 Å². The molecule has 5 nitrogen and oxygen atoms in total. The maximum atomic E-state index is 12.9. The van der Waals surface area contributed by atoms with Gasteiger partial charge in [0, 0.05) is 12.5 Å². The highest BCUT2D eigenvalue weighted by molar-refractivity contribution is 5.82. The zero-order valence-corrected chi connectivity index (χ0v) is 23.0. The summed E-state index contributed by atoms with van der Waals surface area (Å²) in [5.74, 6) is 0.995. The van der Waals surface area contributed by atoms with E-state index in [1.165, 1.54) is 16.3 Å². The lowest BCUT2D eigenvalue weighted by molar-refractivity contribution is -0.0359. The second-order valence-corrected chi connectivity index (χ2v) is 11.2. The van der Waals surface area contributed by atoms with Crippen LogP contribution in [0.15, 0.2) is 97.1 Å². The molecule has 1 saturated heterocycles. The Balaban J connectivity index is 1.29. The summed E-state index contributed by atoms with van der Waals surface area (Å²) in [5, 5.41) is 2.41. The molecule has 0 N–H and O–H groups in total. The predicted octanol–water partition coefficient (Wildman–Crippen LogP) is 7.73. The number of ether oxygens (including phenoxy) is 3. The SMILES string of the molecule is CC(C)(C)OC(=O)N1CCC(c2ccc(OCc3ccccc3)cc2)C(OCc2ccc3ccccc3c2)C1. The van der Waals surface area contributed by atoms with E-state index in [9.17, 15) is 4.79 Å². The molecule has 4 aromatic carbocycles. The van der Waals surface area contributed by atoms with E-state index in [2.05, 4.69) is 60.7 Å². The van der Waals surface area contributed by atoms with E-state index in [-0.39, 0.29) is 18.1 Å². The van der Waals surface area contributed by atoms with E-state index >= 15 is 0 Å². The second kappa shape index (κ2) is 11.9. The van der Waals surface area contributed by atoms with Crippen LogP contribution in [0.3, 0.4) is 0 Å². The zero-order valence-electron chi connectivity index (χ0n) is 23.0. The molecule has 1 heterocycles. The molecule has 0 spiro atoms. The van der Waals surface area contributed by atoms with Crippen LogP contribution in [0.2, 0.25) is 0 Å². The van der Waals surface area contributed by atoms with Crippen molar-refractivity contribution >= 4 is 16.9 Å². The summed E-state index contributed by atoms with van der Waals surface area (Å²) in [4.78, 5) is 14.7. The fourth-order valence-corrected chi connectivity index (χ4v) is 5.04. The van der Waals surface area contributed by atoms with Crippen molar-refractivity contribution < 1.29 is 19.0 Å². The van der Waals surface area contributed by atoms with Crippen molar-refractivity contribution in [3.63, 3.8) is 0 Å². The van der Waals surface area contributed by atoms with E-state index in [4.69, 9.17) is 14.2 Å². The second-order valence-electron chi connectivity index (χ2n) is 11.2. The summed E-state index contributed by atoms with van der Waals surface area (Å²) in [6, 6.07) is 33.2. The highest BCUT2D eigenvalue weighted by Crippen LogP contribution is 2.33. The Morgan fingerprint density at radius 1 is 0.821 bits per heavy atom. The first-order valence-corrected chi connectivity index (χ1v) is 13.7. The maximum absolute atomic E-state index is 12.9. The Labute approximate surface area is 231 Å². The molecule has 0 aliphatic carbocycles. The molecule has 2 atom stereocenters. The molecule has 0 radical (unpaired) electrons. The Bertz CT molecular complexity index is 1380. The monoisotopic (exact) mass is 523 g/mol. The molecule has 0 saturated carbocycles. The first-order valence-electron chi connectivity index (χ1n) is 13.7. The Morgan fingerprint density at radius 3 is 2.28 bits per heavy atom. The molecule has 1 fully saturated rings. The van der Waals surface area contributed by atoms with Gasteiger partial charge in [0.15, 0.2) is 0 Å². The van der Waals surface area contributed by atoms with E-state index in [1.54, 1.807) is 4.90 Å². The number of benzene rings is 4. The van der Waals surface area contributed by atoms with E-state index in [0.29, 0.717) is 26.3 Å². The summed E-state index contributed by atoms with van der Waals surface area (Å²) in [7, 11) is 0. The number of hydrogen-bond donors (Lipinski definition) is 0. The Kier molecular flexibility index (Phi) is 8.18. The number of fused-ring (bicyclic) bond motifs is 1. The summed E-state index contributed by atoms with van der Waals surface area (Å²) in [6.45, 7) is 7.81. The number of hydrogen-bond acceptors (Lipinski definition) is 4. The van der Waals surface area contributed by atoms with E-state index in [0.717, 1.165) is 23.3 Å². The molecule has 5 heteroatoms. The zero-order chi connectivity index (χ0) is 27.2. The fraction of sp³-hybridized carbons (Fsp3) is 0.324. The third-order valence-electron chi connectivity index (χ3n) is 7.05. The summed E-state index contributed by atoms with van der Waals surface area (Å²) in [5.41, 5.74) is 2.91. The van der Waals surface area contributed by atoms with Crippen molar-refractivity contribution in [2.24, 2.45) is 0 Å². The van der Waals surface area contributed by atoms with Gasteiger partial charge in [-0.15, -0.1) is 0 Å². The van der Waals surface area contributed by atoms with Crippen molar-refractivity contribution in [3.05, 3.63) is 114 Å². The fourth-order valence-electron chi connectivity index (χ4n) is 5.04. The molecular weight excluding hydrogens is 486 g/mol. The number of carbonyl (C=O) groups excluding carboxylic acids is 1. The van der Waals surface area contributed by atoms with Crippen LogP contribution in [-0.4, -0.2) is 35.8 Å². The van der Waals surface area contributed by atoms with Gasteiger partial charge in [0.25, 0.3) is 0 Å². The molecule has 4 aromatic rings. The molecular formula is C34H37NO4. The van der Waals surface area contributed by atoms with E-state index < -0.39 is 5.60 Å². The standard InChI is InChI=1S/C34H37NO4/c1-34(2,3)39-33(36)35-20-19-31(28-15-17-30(18-16-28)37-23-25-9-5-4-6-10-25)32(22-35)38-24-26-13-14-27-11-7-8-12-29(27)21-26/h4-18,21,31-32H,19-20,22-24H2,1-3H3. The number of likely N-dealkylation sites (tertiary alicyclic amines) is 1. The molecule has 39 heavy (non-hydrogen) atoms. The molecule has 202 valence electrons. The van der Waals surface area contributed by atoms with Gasteiger partial charge in [-0.1, -0.05) is 78.9 Å². The third-order valence-corrected chi connectivity index (χ3v) is 7.05. The van der Waals surface area contributed by atoms with Crippen molar-refractivity contribution in [2.45, 2.75) is 58.0 Å². The summed E-state index contributed by atoms with van der Waals surface area (Å²) < 4.78 is 18.2. The van der Waals surface area contributed by atoms with Gasteiger partial charge in [0.1, 0.15) is 18.0 Å². The molecule has 1 aliphatic rings. The van der Waals surface area contributed by atoms with Gasteiger partial charge >= 0.3 is 6.09 Å². The number of nitrogens with zero attached hydrogens (tertiary/aromatic N) is 1. The average molecular weight is 524 g/mol. The van der Waals surface area contributed by atoms with Gasteiger partial charge in [-0.05, 0) is 72.9 Å². The maximum Gasteiger partial charge on any atom is 0.410 e. The molecule has 5 rings (SSSR count). The molecule has 0 bridgehead atoms. The minimum atomic E-state index is -0.537. The normalized spacial score (nSPS) is 17.7. The quantitative estimate of drug-likeness (QED) is 0.249. The van der Waals surface area contributed by atoms with Gasteiger partial charge in [-0.25, -0.2) is 4.79 Å². The number of rotatable bonds is 7. The van der Waals surface area contributed by atoms with Gasteiger partial charge in [0.2, 0.25) is 0 Å². The van der Waals surface area contributed by atoms with Crippen molar-refractivity contribution in [1.29, 1.82) is 0 Å². The Morgan fingerprint density at radius 2 is 1.54 bits per heavy atom. The minimum Gasteiger partial charge on any atom is -0.489 e. The largest absolute Gasteiger partial charge is 0.489 e. The third kappa shape index (κ3) is 7.18. The van der Waals surface area contributed by atoms with Crippen LogP contribution in [0.25, 0.3) is 10.8 Å². The van der Waals surface area contributed by atoms with Crippen LogP contribution >= 0.6 is 0 Å². The van der Waals surface area contributed by atoms with Crippen LogP contribution < -0.4 is 4.74 Å². The first-order chi connectivity index (χ1) is 18.8. The van der Waals surface area contributed by atoms with Crippen molar-refractivity contribution in [3.8, 4) is 5.75 Å². The van der Waals surface area contributed by atoms with Gasteiger partial charge < -0.3 is 19.1 Å². The molecule has 1 amide bonds. The average Bonchev–Trinajstić information content (AvgIpc) is 2.95. The number of amides is 1. The number of carbonyl (C=O) groups is 1. The van der Waals surface area contributed by atoms with Crippen LogP contribution in [-0.2, 0) is 22.7 Å². The highest BCUT2D eigenvalue weighted by Gasteiger charge is 2.35. The Hall–Kier alpha value is -3.83. The number of piperidine rings is 1. The van der Waals surface area contributed by atoms with Crippen LogP contribution in [0, 0.1) is 0 Å². The topological polar surface area (TPSA) is 48.0 Å². The van der Waals surface area contributed by atoms with E-state index in [1.807, 2.05) is 57.2 Å². The first kappa shape index (κ1) is 26.8. The highest BCUT2D eigenvalue weighted by atomic mass is 16.6. The van der Waals surface area contributed by atoms with Gasteiger partial charge in [0.05, 0.1) is 19.3 Å². The predicted molar refractivity (Wildman–Crippen MR) is 155 cm³/mol. The lowest BCUT2D eigenvalue weighted by atomic mass is 9.87. The summed E-state index contributed by atoms with van der Waals surface area (Å²) in [6.07, 6.45) is 0.352. The lowest BCUT2D eigenvalue weighted by Crippen LogP contribution is -2.48. The van der Waals surface area contributed by atoms with Crippen LogP contribution in [0.5, 0.6) is 5.75 Å². The lowest BCUT2D eigenvalue weighted by Gasteiger charge is -2.39. The molecule has 1 aliphatic heterocycles. The van der Waals surface area contributed by atoms with Gasteiger partial charge in [-0.3, -0.25) is 0 Å². The minimum absolute atomic E-state index is 0.158.